The van der Waals surface area contributed by atoms with Crippen LogP contribution in [0.15, 0.2) is 47.4 Å². The summed E-state index contributed by atoms with van der Waals surface area (Å²) in [5, 5.41) is 4.06. The van der Waals surface area contributed by atoms with Crippen LogP contribution in [0.3, 0.4) is 0 Å². The van der Waals surface area contributed by atoms with Crippen molar-refractivity contribution in [1.29, 1.82) is 0 Å². The van der Waals surface area contributed by atoms with Crippen LogP contribution < -0.4 is 0 Å². The molecule has 140 valence electrons. The van der Waals surface area contributed by atoms with E-state index >= 15 is 0 Å². The Labute approximate surface area is 159 Å². The number of nitrogens with zero attached hydrogens (tertiary/aromatic N) is 5. The molecule has 0 saturated carbocycles. The molecular formula is C21H25N5O. The number of benzene rings is 1. The molecule has 2 aromatic heterocycles. The normalized spacial score (nSPS) is 17.9. The Kier molecular flexibility index (Phi) is 5.53. The maximum absolute atomic E-state index is 5.15. The summed E-state index contributed by atoms with van der Waals surface area (Å²) >= 11 is 0. The summed E-state index contributed by atoms with van der Waals surface area (Å²) in [7, 11) is 0. The highest BCUT2D eigenvalue weighted by Crippen LogP contribution is 2.31. The van der Waals surface area contributed by atoms with Gasteiger partial charge in [0.1, 0.15) is 6.33 Å². The summed E-state index contributed by atoms with van der Waals surface area (Å²) in [5.41, 5.74) is 3.35. The highest BCUT2D eigenvalue weighted by molar-refractivity contribution is 5.57. The lowest BCUT2D eigenvalue weighted by Crippen LogP contribution is -2.35. The van der Waals surface area contributed by atoms with Crippen LogP contribution in [0.1, 0.15) is 42.3 Å². The van der Waals surface area contributed by atoms with Gasteiger partial charge in [-0.1, -0.05) is 35.5 Å². The molecule has 4 rings (SSSR count). The Morgan fingerprint density at radius 1 is 1.22 bits per heavy atom. The van der Waals surface area contributed by atoms with Crippen LogP contribution in [0.5, 0.6) is 0 Å². The first-order chi connectivity index (χ1) is 13.3. The zero-order valence-corrected chi connectivity index (χ0v) is 15.7. The zero-order chi connectivity index (χ0) is 18.5. The van der Waals surface area contributed by atoms with Gasteiger partial charge in [-0.15, -0.1) is 0 Å². The SMILES string of the molecule is Cc1nc(-c2cncnc2[C@@H]2CCCN(CCCc3ccccc3)C2)no1. The smallest absolute Gasteiger partial charge is 0.223 e. The van der Waals surface area contributed by atoms with Gasteiger partial charge >= 0.3 is 0 Å². The molecule has 0 bridgehead atoms. The zero-order valence-electron chi connectivity index (χ0n) is 15.7. The molecule has 1 aliphatic heterocycles. The Bertz CT molecular complexity index is 864. The molecule has 0 N–H and O–H groups in total. The van der Waals surface area contributed by atoms with Crippen molar-refractivity contribution < 1.29 is 4.52 Å². The summed E-state index contributed by atoms with van der Waals surface area (Å²) in [6.45, 7) is 5.10. The largest absolute Gasteiger partial charge is 0.339 e. The third-order valence-corrected chi connectivity index (χ3v) is 5.19. The predicted octanol–water partition coefficient (Wildman–Crippen LogP) is 3.65. The lowest BCUT2D eigenvalue weighted by Gasteiger charge is -2.32. The second-order valence-electron chi connectivity index (χ2n) is 7.19. The van der Waals surface area contributed by atoms with Crippen LogP contribution in [-0.4, -0.2) is 44.6 Å². The van der Waals surface area contributed by atoms with Gasteiger partial charge in [-0.2, -0.15) is 4.98 Å². The van der Waals surface area contributed by atoms with Crippen LogP contribution in [-0.2, 0) is 6.42 Å². The molecule has 0 radical (unpaired) electrons. The molecule has 0 spiro atoms. The summed E-state index contributed by atoms with van der Waals surface area (Å²) in [4.78, 5) is 15.7. The fraction of sp³-hybridized carbons (Fsp3) is 0.429. The number of aromatic nitrogens is 4. The van der Waals surface area contributed by atoms with Gasteiger partial charge < -0.3 is 9.42 Å². The van der Waals surface area contributed by atoms with Crippen molar-refractivity contribution in [3.63, 3.8) is 0 Å². The minimum atomic E-state index is 0.382. The van der Waals surface area contributed by atoms with Crippen LogP contribution in [0.4, 0.5) is 0 Å². The number of aryl methyl sites for hydroxylation is 2. The fourth-order valence-corrected chi connectivity index (χ4v) is 3.88. The lowest BCUT2D eigenvalue weighted by atomic mass is 9.91. The van der Waals surface area contributed by atoms with Crippen LogP contribution >= 0.6 is 0 Å². The lowest BCUT2D eigenvalue weighted by molar-refractivity contribution is 0.204. The number of likely N-dealkylation sites (tertiary alicyclic amines) is 1. The van der Waals surface area contributed by atoms with Gasteiger partial charge in [0.25, 0.3) is 0 Å². The van der Waals surface area contributed by atoms with E-state index in [2.05, 4.69) is 55.3 Å². The van der Waals surface area contributed by atoms with E-state index in [0.717, 1.165) is 43.7 Å². The molecule has 3 aromatic rings. The minimum absolute atomic E-state index is 0.382. The molecule has 27 heavy (non-hydrogen) atoms. The molecular weight excluding hydrogens is 338 g/mol. The van der Waals surface area contributed by atoms with Crippen molar-refractivity contribution in [2.24, 2.45) is 0 Å². The highest BCUT2D eigenvalue weighted by atomic mass is 16.5. The first kappa shape index (κ1) is 17.8. The standard InChI is InChI=1S/C21H25N5O/c1-16-24-21(25-27-16)19-13-22-15-23-20(19)18-10-6-12-26(14-18)11-5-9-17-7-3-2-4-8-17/h2-4,7-8,13,15,18H,5-6,9-12,14H2,1H3/t18-/m1/s1. The number of piperidine rings is 1. The molecule has 6 nitrogen and oxygen atoms in total. The van der Waals surface area contributed by atoms with Gasteiger partial charge in [0.05, 0.1) is 11.3 Å². The van der Waals surface area contributed by atoms with Crippen LogP contribution in [0.25, 0.3) is 11.4 Å². The van der Waals surface area contributed by atoms with E-state index < -0.39 is 0 Å². The molecule has 1 atom stereocenters. The summed E-state index contributed by atoms with van der Waals surface area (Å²) in [6.07, 6.45) is 8.06. The molecule has 0 aliphatic carbocycles. The molecule has 1 aromatic carbocycles. The molecule has 6 heteroatoms. The second-order valence-corrected chi connectivity index (χ2v) is 7.19. The highest BCUT2D eigenvalue weighted by Gasteiger charge is 2.26. The molecule has 0 unspecified atom stereocenters. The first-order valence-electron chi connectivity index (χ1n) is 9.66. The van der Waals surface area contributed by atoms with Crippen molar-refractivity contribution in [3.05, 3.63) is 60.0 Å². The molecule has 1 saturated heterocycles. The number of hydrogen-bond donors (Lipinski definition) is 0. The van der Waals surface area contributed by atoms with Crippen molar-refractivity contribution in [2.75, 3.05) is 19.6 Å². The third kappa shape index (κ3) is 4.39. The van der Waals surface area contributed by atoms with E-state index in [-0.39, 0.29) is 0 Å². The van der Waals surface area contributed by atoms with E-state index in [9.17, 15) is 0 Å². The quantitative estimate of drug-likeness (QED) is 0.666. The van der Waals surface area contributed by atoms with Gasteiger partial charge in [0, 0.05) is 25.6 Å². The third-order valence-electron chi connectivity index (χ3n) is 5.19. The van der Waals surface area contributed by atoms with Crippen molar-refractivity contribution in [3.8, 4) is 11.4 Å². The van der Waals surface area contributed by atoms with Gasteiger partial charge in [0.2, 0.25) is 11.7 Å². The van der Waals surface area contributed by atoms with Crippen LogP contribution in [0, 0.1) is 6.92 Å². The van der Waals surface area contributed by atoms with E-state index in [1.165, 1.54) is 18.4 Å². The van der Waals surface area contributed by atoms with Gasteiger partial charge in [-0.25, -0.2) is 9.97 Å². The van der Waals surface area contributed by atoms with E-state index in [1.54, 1.807) is 19.4 Å². The topological polar surface area (TPSA) is 67.9 Å². The maximum Gasteiger partial charge on any atom is 0.223 e. The minimum Gasteiger partial charge on any atom is -0.339 e. The van der Waals surface area contributed by atoms with Crippen molar-refractivity contribution in [1.82, 2.24) is 25.0 Å². The van der Waals surface area contributed by atoms with E-state index in [1.807, 2.05) is 0 Å². The molecule has 1 fully saturated rings. The average Bonchev–Trinajstić information content (AvgIpc) is 3.15. The number of rotatable bonds is 6. The summed E-state index contributed by atoms with van der Waals surface area (Å²) in [6, 6.07) is 10.7. The monoisotopic (exact) mass is 363 g/mol. The van der Waals surface area contributed by atoms with Crippen molar-refractivity contribution >= 4 is 0 Å². The van der Waals surface area contributed by atoms with Crippen molar-refractivity contribution in [2.45, 2.75) is 38.5 Å². The van der Waals surface area contributed by atoms with Gasteiger partial charge in [0.15, 0.2) is 0 Å². The predicted molar refractivity (Wildman–Crippen MR) is 103 cm³/mol. The molecule has 1 aliphatic rings. The Morgan fingerprint density at radius 2 is 2.11 bits per heavy atom. The molecule has 0 amide bonds. The van der Waals surface area contributed by atoms with Gasteiger partial charge in [-0.3, -0.25) is 0 Å². The van der Waals surface area contributed by atoms with Crippen LogP contribution in [0.2, 0.25) is 0 Å². The Morgan fingerprint density at radius 3 is 2.93 bits per heavy atom. The Hall–Kier alpha value is -2.60. The van der Waals surface area contributed by atoms with E-state index in [0.29, 0.717) is 17.6 Å². The summed E-state index contributed by atoms with van der Waals surface area (Å²) in [5.74, 6) is 1.53. The average molecular weight is 363 g/mol. The first-order valence-corrected chi connectivity index (χ1v) is 9.66. The molecule has 3 heterocycles. The number of hydrogen-bond acceptors (Lipinski definition) is 6. The Balaban J connectivity index is 1.41. The summed E-state index contributed by atoms with van der Waals surface area (Å²) < 4.78 is 5.15. The van der Waals surface area contributed by atoms with Gasteiger partial charge in [-0.05, 0) is 44.3 Å². The fourth-order valence-electron chi connectivity index (χ4n) is 3.88. The van der Waals surface area contributed by atoms with E-state index in [4.69, 9.17) is 4.52 Å². The maximum atomic E-state index is 5.15. The second kappa shape index (κ2) is 8.39.